The van der Waals surface area contributed by atoms with Crippen LogP contribution in [0.4, 0.5) is 0 Å². The van der Waals surface area contributed by atoms with Crippen LogP contribution in [-0.2, 0) is 11.8 Å². The molecule has 0 nitrogen and oxygen atoms in total. The number of rotatable bonds is 5. The highest BCUT2D eigenvalue weighted by atomic mass is 79.9. The molecule has 19 heavy (non-hydrogen) atoms. The number of halogens is 4. The van der Waals surface area contributed by atoms with Crippen molar-refractivity contribution in [2.24, 2.45) is 0 Å². The molecule has 102 valence electrons. The monoisotopic (exact) mass is 396 g/mol. The van der Waals surface area contributed by atoms with Crippen LogP contribution in [-0.4, -0.2) is 11.8 Å². The van der Waals surface area contributed by atoms with Crippen molar-refractivity contribution in [1.82, 2.24) is 0 Å². The summed E-state index contributed by atoms with van der Waals surface area (Å²) in [5.41, 5.74) is 0.677. The minimum Gasteiger partial charge on any atom is -0.148 e. The Hall–Kier alpha value is 0.270. The zero-order valence-corrected chi connectivity index (χ0v) is 14.7. The molecule has 1 heterocycles. The van der Waals surface area contributed by atoms with Gasteiger partial charge in [0, 0.05) is 31.5 Å². The zero-order valence-electron chi connectivity index (χ0n) is 10.0. The first-order valence-corrected chi connectivity index (χ1v) is 8.84. The first-order chi connectivity index (χ1) is 9.13. The average molecular weight is 399 g/mol. The van der Waals surface area contributed by atoms with Crippen LogP contribution in [0.2, 0.25) is 5.02 Å². The van der Waals surface area contributed by atoms with Crippen molar-refractivity contribution >= 4 is 62.1 Å². The number of benzene rings is 1. The molecule has 5 heteroatoms. The summed E-state index contributed by atoms with van der Waals surface area (Å²) in [7, 11) is 0. The third kappa shape index (κ3) is 3.30. The van der Waals surface area contributed by atoms with E-state index < -0.39 is 0 Å². The molecule has 0 atom stereocenters. The van der Waals surface area contributed by atoms with Crippen LogP contribution in [0.15, 0.2) is 40.2 Å². The Morgan fingerprint density at radius 2 is 1.79 bits per heavy atom. The van der Waals surface area contributed by atoms with Gasteiger partial charge in [0.05, 0.1) is 0 Å². The summed E-state index contributed by atoms with van der Waals surface area (Å²) in [6.07, 6.45) is 0.780. The normalized spacial score (nSPS) is 11.8. The lowest BCUT2D eigenvalue weighted by atomic mass is 9.80. The lowest BCUT2D eigenvalue weighted by Gasteiger charge is -2.31. The number of hydrogen-bond donors (Lipinski definition) is 0. The van der Waals surface area contributed by atoms with E-state index in [9.17, 15) is 0 Å². The van der Waals surface area contributed by atoms with Crippen LogP contribution in [0.25, 0.3) is 0 Å². The fourth-order valence-corrected chi connectivity index (χ4v) is 4.75. The molecule has 0 aliphatic heterocycles. The maximum absolute atomic E-state index is 6.32. The van der Waals surface area contributed by atoms with Crippen molar-refractivity contribution in [1.29, 1.82) is 0 Å². The van der Waals surface area contributed by atoms with Crippen LogP contribution >= 0.6 is 62.1 Å². The maximum Gasteiger partial charge on any atom is 0.0444 e. The minimum atomic E-state index is -0.338. The predicted octanol–water partition coefficient (Wildman–Crippen LogP) is 6.12. The van der Waals surface area contributed by atoms with E-state index in [4.69, 9.17) is 34.8 Å². The van der Waals surface area contributed by atoms with E-state index in [1.54, 1.807) is 11.3 Å². The average Bonchev–Trinajstić information content (AvgIpc) is 2.82. The second kappa shape index (κ2) is 6.82. The van der Waals surface area contributed by atoms with Gasteiger partial charge in [-0.1, -0.05) is 29.8 Å². The lowest BCUT2D eigenvalue weighted by Crippen LogP contribution is -2.33. The van der Waals surface area contributed by atoms with Gasteiger partial charge in [0.1, 0.15) is 0 Å². The van der Waals surface area contributed by atoms with E-state index in [1.165, 1.54) is 4.88 Å². The smallest absolute Gasteiger partial charge is 0.0444 e. The van der Waals surface area contributed by atoms with Gasteiger partial charge in [0.25, 0.3) is 0 Å². The molecular formula is C14H12BrCl3S. The predicted molar refractivity (Wildman–Crippen MR) is 90.3 cm³/mol. The van der Waals surface area contributed by atoms with Gasteiger partial charge in [0.15, 0.2) is 0 Å². The molecule has 0 N–H and O–H groups in total. The molecule has 0 aliphatic carbocycles. The van der Waals surface area contributed by atoms with E-state index in [-0.39, 0.29) is 5.41 Å². The fraction of sp³-hybridized carbons (Fsp3) is 0.286. The van der Waals surface area contributed by atoms with Crippen molar-refractivity contribution in [3.05, 3.63) is 55.6 Å². The van der Waals surface area contributed by atoms with E-state index in [1.807, 2.05) is 30.3 Å². The van der Waals surface area contributed by atoms with Gasteiger partial charge >= 0.3 is 0 Å². The largest absolute Gasteiger partial charge is 0.148 e. The summed E-state index contributed by atoms with van der Waals surface area (Å²) in [6.45, 7) is 0. The molecule has 1 aromatic carbocycles. The zero-order chi connectivity index (χ0) is 13.9. The Kier molecular flexibility index (Phi) is 5.62. The first-order valence-electron chi connectivity index (χ1n) is 5.72. The molecular weight excluding hydrogens is 386 g/mol. The third-order valence-electron chi connectivity index (χ3n) is 3.15. The van der Waals surface area contributed by atoms with Crippen LogP contribution in [0.1, 0.15) is 10.4 Å². The number of hydrogen-bond acceptors (Lipinski definition) is 1. The molecule has 0 unspecified atom stereocenters. The molecule has 0 spiro atoms. The second-order valence-corrected chi connectivity index (χ2v) is 7.19. The summed E-state index contributed by atoms with van der Waals surface area (Å²) in [5, 5.41) is 2.77. The summed E-state index contributed by atoms with van der Waals surface area (Å²) in [6, 6.07) is 9.82. The van der Waals surface area contributed by atoms with Crippen molar-refractivity contribution < 1.29 is 0 Å². The van der Waals surface area contributed by atoms with Gasteiger partial charge in [-0.2, -0.15) is 0 Å². The van der Waals surface area contributed by atoms with Crippen LogP contribution in [0.5, 0.6) is 0 Å². The molecule has 0 fully saturated rings. The van der Waals surface area contributed by atoms with Crippen LogP contribution in [0.3, 0.4) is 0 Å². The molecule has 2 aromatic rings. The third-order valence-corrected chi connectivity index (χ3v) is 6.43. The summed E-state index contributed by atoms with van der Waals surface area (Å²) in [5.74, 6) is 0.870. The first kappa shape index (κ1) is 15.7. The highest BCUT2D eigenvalue weighted by molar-refractivity contribution is 9.10. The molecule has 2 rings (SSSR count). The maximum atomic E-state index is 6.32. The Balaban J connectivity index is 2.44. The summed E-state index contributed by atoms with van der Waals surface area (Å²) < 4.78 is 1.10. The van der Waals surface area contributed by atoms with Crippen molar-refractivity contribution in [3.8, 4) is 0 Å². The lowest BCUT2D eigenvalue weighted by molar-refractivity contribution is 0.540. The Morgan fingerprint density at radius 1 is 1.11 bits per heavy atom. The highest BCUT2D eigenvalue weighted by Crippen LogP contribution is 2.38. The van der Waals surface area contributed by atoms with Gasteiger partial charge in [-0.25, -0.2) is 0 Å². The summed E-state index contributed by atoms with van der Waals surface area (Å²) >= 11 is 24.1. The molecule has 0 saturated heterocycles. The van der Waals surface area contributed by atoms with Crippen LogP contribution in [0, 0.1) is 0 Å². The van der Waals surface area contributed by atoms with E-state index in [0.29, 0.717) is 11.8 Å². The van der Waals surface area contributed by atoms with Gasteiger partial charge in [0.2, 0.25) is 0 Å². The van der Waals surface area contributed by atoms with Gasteiger partial charge in [-0.05, 0) is 45.4 Å². The number of thiophene rings is 1. The quantitative estimate of drug-likeness (QED) is 0.532. The Labute approximate surface area is 140 Å². The molecule has 0 aliphatic rings. The highest BCUT2D eigenvalue weighted by Gasteiger charge is 2.33. The summed E-state index contributed by atoms with van der Waals surface area (Å²) in [4.78, 5) is 1.24. The molecule has 0 bridgehead atoms. The van der Waals surface area contributed by atoms with Crippen molar-refractivity contribution in [2.75, 3.05) is 11.8 Å². The molecule has 1 aromatic heterocycles. The topological polar surface area (TPSA) is 0 Å². The van der Waals surface area contributed by atoms with Gasteiger partial charge < -0.3 is 0 Å². The van der Waals surface area contributed by atoms with Gasteiger partial charge in [-0.15, -0.1) is 34.5 Å². The molecule has 0 saturated carbocycles. The van der Waals surface area contributed by atoms with E-state index >= 15 is 0 Å². The molecule has 0 radical (unpaired) electrons. The van der Waals surface area contributed by atoms with E-state index in [2.05, 4.69) is 21.3 Å². The van der Waals surface area contributed by atoms with Crippen LogP contribution < -0.4 is 0 Å². The Morgan fingerprint density at radius 3 is 2.32 bits per heavy atom. The second-order valence-electron chi connectivity index (χ2n) is 4.40. The standard InChI is InChI=1S/C14H12BrCl3S/c15-11-5-6-19-13(11)7-14(8-16,9-17)10-3-1-2-4-12(10)18/h1-6H,7-9H2. The van der Waals surface area contributed by atoms with Crippen molar-refractivity contribution in [3.63, 3.8) is 0 Å². The SMILES string of the molecule is ClCC(CCl)(Cc1sccc1Br)c1ccccc1Cl. The number of alkyl halides is 2. The fourth-order valence-electron chi connectivity index (χ4n) is 2.02. The molecule has 0 amide bonds. The Bertz CT molecular complexity index is 549. The van der Waals surface area contributed by atoms with E-state index in [0.717, 1.165) is 21.5 Å². The van der Waals surface area contributed by atoms with Crippen molar-refractivity contribution in [2.45, 2.75) is 11.8 Å². The minimum absolute atomic E-state index is 0.338. The van der Waals surface area contributed by atoms with Gasteiger partial charge in [-0.3, -0.25) is 0 Å².